The minimum absolute atomic E-state index is 0.187. The number of rotatable bonds is 5. The van der Waals surface area contributed by atoms with Crippen molar-refractivity contribution in [2.75, 3.05) is 19.6 Å². The molecule has 1 aromatic heterocycles. The normalized spacial score (nSPS) is 23.7. The summed E-state index contributed by atoms with van der Waals surface area (Å²) in [6.07, 6.45) is 9.22. The molecular formula is C22H31N3O. The molecule has 1 aromatic carbocycles. The van der Waals surface area contributed by atoms with Crippen LogP contribution in [0.25, 0.3) is 10.9 Å². The van der Waals surface area contributed by atoms with Crippen molar-refractivity contribution in [2.45, 2.75) is 58.0 Å². The zero-order valence-electron chi connectivity index (χ0n) is 15.9. The fraction of sp³-hybridized carbons (Fsp3) is 0.591. The topological polar surface area (TPSA) is 37.3 Å². The first-order valence-corrected chi connectivity index (χ1v) is 10.3. The lowest BCUT2D eigenvalue weighted by Crippen LogP contribution is -2.51. The van der Waals surface area contributed by atoms with Crippen molar-refractivity contribution in [3.05, 3.63) is 36.0 Å². The van der Waals surface area contributed by atoms with Gasteiger partial charge < -0.3 is 14.8 Å². The van der Waals surface area contributed by atoms with Gasteiger partial charge in [-0.3, -0.25) is 4.79 Å². The largest absolute Gasteiger partial charge is 0.356 e. The monoisotopic (exact) mass is 353 g/mol. The van der Waals surface area contributed by atoms with Gasteiger partial charge in [-0.2, -0.15) is 0 Å². The molecular weight excluding hydrogens is 322 g/mol. The molecule has 2 fully saturated rings. The zero-order chi connectivity index (χ0) is 17.9. The van der Waals surface area contributed by atoms with Crippen LogP contribution in [0.2, 0.25) is 0 Å². The van der Waals surface area contributed by atoms with Gasteiger partial charge in [0.05, 0.1) is 0 Å². The van der Waals surface area contributed by atoms with Gasteiger partial charge in [0.25, 0.3) is 0 Å². The molecule has 3 heterocycles. The lowest BCUT2D eigenvalue weighted by molar-refractivity contribution is -0.121. The van der Waals surface area contributed by atoms with Gasteiger partial charge in [-0.05, 0) is 75.2 Å². The summed E-state index contributed by atoms with van der Waals surface area (Å²) < 4.78 is 2.19. The summed E-state index contributed by atoms with van der Waals surface area (Å²) in [5.41, 5.74) is 2.49. The standard InChI is InChI=1S/C22H31N3O/c1-17-7-8-21-18(15-17)9-13-25(21)14-10-22(26)23-16-19-5-4-12-24-11-3-2-6-20(19)24/h7-9,13,15,19-20H,2-6,10-12,14,16H2,1H3,(H,23,26). The van der Waals surface area contributed by atoms with Crippen molar-refractivity contribution in [3.8, 4) is 0 Å². The number of aromatic nitrogens is 1. The minimum atomic E-state index is 0.187. The molecule has 2 unspecified atom stereocenters. The van der Waals surface area contributed by atoms with Gasteiger partial charge in [0.15, 0.2) is 0 Å². The maximum atomic E-state index is 12.4. The number of carbonyl (C=O) groups is 1. The summed E-state index contributed by atoms with van der Waals surface area (Å²) in [6, 6.07) is 9.33. The van der Waals surface area contributed by atoms with Gasteiger partial charge in [-0.15, -0.1) is 0 Å². The second-order valence-corrected chi connectivity index (χ2v) is 8.13. The minimum Gasteiger partial charge on any atom is -0.356 e. The molecule has 0 radical (unpaired) electrons. The number of nitrogens with zero attached hydrogens (tertiary/aromatic N) is 2. The Bertz CT molecular complexity index is 764. The summed E-state index contributed by atoms with van der Waals surface area (Å²) in [5.74, 6) is 0.829. The number of nitrogens with one attached hydrogen (secondary N) is 1. The highest BCUT2D eigenvalue weighted by Gasteiger charge is 2.32. The lowest BCUT2D eigenvalue weighted by atomic mass is 9.83. The third-order valence-electron chi connectivity index (χ3n) is 6.30. The number of piperidine rings is 2. The van der Waals surface area contributed by atoms with E-state index in [1.54, 1.807) is 0 Å². The molecule has 26 heavy (non-hydrogen) atoms. The highest BCUT2D eigenvalue weighted by atomic mass is 16.1. The van der Waals surface area contributed by atoms with Crippen molar-refractivity contribution in [3.63, 3.8) is 0 Å². The second kappa shape index (κ2) is 7.83. The number of carbonyl (C=O) groups excluding carboxylic acids is 1. The third-order valence-corrected chi connectivity index (χ3v) is 6.30. The molecule has 0 aliphatic carbocycles. The van der Waals surface area contributed by atoms with Crippen LogP contribution < -0.4 is 5.32 Å². The Morgan fingerprint density at radius 2 is 2.04 bits per heavy atom. The number of aryl methyl sites for hydroxylation is 2. The first-order chi connectivity index (χ1) is 12.7. The Labute approximate surface area is 156 Å². The van der Waals surface area contributed by atoms with Crippen LogP contribution in [0.5, 0.6) is 0 Å². The fourth-order valence-corrected chi connectivity index (χ4v) is 4.89. The maximum absolute atomic E-state index is 12.4. The molecule has 2 saturated heterocycles. The Morgan fingerprint density at radius 3 is 2.96 bits per heavy atom. The average molecular weight is 354 g/mol. The van der Waals surface area contributed by atoms with E-state index in [4.69, 9.17) is 0 Å². The average Bonchev–Trinajstić information content (AvgIpc) is 3.06. The van der Waals surface area contributed by atoms with Gasteiger partial charge in [0.2, 0.25) is 5.91 Å². The van der Waals surface area contributed by atoms with E-state index in [0.29, 0.717) is 18.4 Å². The van der Waals surface area contributed by atoms with Crippen LogP contribution in [-0.4, -0.2) is 41.1 Å². The molecule has 2 aliphatic heterocycles. The predicted octanol–water partition coefficient (Wildman–Crippen LogP) is 3.72. The van der Waals surface area contributed by atoms with E-state index in [1.807, 2.05) is 0 Å². The van der Waals surface area contributed by atoms with Crippen LogP contribution in [0.15, 0.2) is 30.5 Å². The molecule has 140 valence electrons. The quantitative estimate of drug-likeness (QED) is 0.889. The van der Waals surface area contributed by atoms with E-state index in [9.17, 15) is 4.79 Å². The van der Waals surface area contributed by atoms with Crippen molar-refractivity contribution < 1.29 is 4.79 Å². The van der Waals surface area contributed by atoms with Gasteiger partial charge >= 0.3 is 0 Å². The van der Waals surface area contributed by atoms with Crippen LogP contribution >= 0.6 is 0 Å². The first kappa shape index (κ1) is 17.6. The fourth-order valence-electron chi connectivity index (χ4n) is 4.89. The van der Waals surface area contributed by atoms with E-state index in [0.717, 1.165) is 13.1 Å². The number of benzene rings is 1. The summed E-state index contributed by atoms with van der Waals surface area (Å²) in [6.45, 7) is 6.23. The molecule has 4 nitrogen and oxygen atoms in total. The van der Waals surface area contributed by atoms with Gasteiger partial charge in [0.1, 0.15) is 0 Å². The van der Waals surface area contributed by atoms with Crippen LogP contribution in [0.1, 0.15) is 44.1 Å². The van der Waals surface area contributed by atoms with Gasteiger partial charge in [-0.25, -0.2) is 0 Å². The number of fused-ring (bicyclic) bond motifs is 2. The van der Waals surface area contributed by atoms with E-state index < -0.39 is 0 Å². The molecule has 1 N–H and O–H groups in total. The SMILES string of the molecule is Cc1ccc2c(ccn2CCC(=O)NCC2CCCN3CCCCC23)c1. The smallest absolute Gasteiger partial charge is 0.221 e. The Balaban J connectivity index is 1.28. The third kappa shape index (κ3) is 3.80. The Morgan fingerprint density at radius 1 is 1.15 bits per heavy atom. The van der Waals surface area contributed by atoms with Crippen LogP contribution in [0.3, 0.4) is 0 Å². The molecule has 4 rings (SSSR count). The van der Waals surface area contributed by atoms with Crippen molar-refractivity contribution in [2.24, 2.45) is 5.92 Å². The highest BCUT2D eigenvalue weighted by Crippen LogP contribution is 2.30. The summed E-state index contributed by atoms with van der Waals surface area (Å²) in [7, 11) is 0. The van der Waals surface area contributed by atoms with E-state index >= 15 is 0 Å². The molecule has 1 amide bonds. The van der Waals surface area contributed by atoms with Crippen molar-refractivity contribution >= 4 is 16.8 Å². The second-order valence-electron chi connectivity index (χ2n) is 8.13. The van der Waals surface area contributed by atoms with Crippen molar-refractivity contribution in [1.82, 2.24) is 14.8 Å². The van der Waals surface area contributed by atoms with Crippen LogP contribution in [0.4, 0.5) is 0 Å². The summed E-state index contributed by atoms with van der Waals surface area (Å²) >= 11 is 0. The van der Waals surface area contributed by atoms with Gasteiger partial charge in [-0.1, -0.05) is 18.1 Å². The number of amides is 1. The van der Waals surface area contributed by atoms with E-state index in [1.165, 1.54) is 61.7 Å². The molecule has 4 heteroatoms. The van der Waals surface area contributed by atoms with Crippen LogP contribution in [-0.2, 0) is 11.3 Å². The first-order valence-electron chi connectivity index (χ1n) is 10.3. The zero-order valence-corrected chi connectivity index (χ0v) is 15.9. The number of hydrogen-bond donors (Lipinski definition) is 1. The summed E-state index contributed by atoms with van der Waals surface area (Å²) in [4.78, 5) is 15.1. The Hall–Kier alpha value is -1.81. The summed E-state index contributed by atoms with van der Waals surface area (Å²) in [5, 5.41) is 4.48. The lowest BCUT2D eigenvalue weighted by Gasteiger charge is -2.44. The molecule has 2 atom stereocenters. The van der Waals surface area contributed by atoms with Crippen molar-refractivity contribution in [1.29, 1.82) is 0 Å². The van der Waals surface area contributed by atoms with Crippen LogP contribution in [0, 0.1) is 12.8 Å². The van der Waals surface area contributed by atoms with E-state index in [-0.39, 0.29) is 5.91 Å². The molecule has 0 bridgehead atoms. The van der Waals surface area contributed by atoms with E-state index in [2.05, 4.69) is 52.2 Å². The number of hydrogen-bond acceptors (Lipinski definition) is 2. The predicted molar refractivity (Wildman–Crippen MR) is 106 cm³/mol. The molecule has 2 aromatic rings. The van der Waals surface area contributed by atoms with Gasteiger partial charge in [0, 0.05) is 37.3 Å². The molecule has 2 aliphatic rings. The Kier molecular flexibility index (Phi) is 5.30. The molecule has 0 spiro atoms. The molecule has 0 saturated carbocycles. The highest BCUT2D eigenvalue weighted by molar-refractivity contribution is 5.81. The maximum Gasteiger partial charge on any atom is 0.221 e.